The fraction of sp³-hybridized carbons (Fsp3) is 0.125. The van der Waals surface area contributed by atoms with Crippen molar-refractivity contribution in [1.29, 1.82) is 0 Å². The first-order valence-electron chi connectivity index (χ1n) is 6.67. The predicted octanol–water partition coefficient (Wildman–Crippen LogP) is 3.32. The Morgan fingerprint density at radius 3 is 2.52 bits per heavy atom. The van der Waals surface area contributed by atoms with Gasteiger partial charge in [-0.15, -0.1) is 0 Å². The van der Waals surface area contributed by atoms with E-state index >= 15 is 0 Å². The summed E-state index contributed by atoms with van der Waals surface area (Å²) >= 11 is 5.99. The number of esters is 1. The van der Waals surface area contributed by atoms with Gasteiger partial charge in [0, 0.05) is 5.69 Å². The Labute approximate surface area is 137 Å². The van der Waals surface area contributed by atoms with E-state index < -0.39 is 5.97 Å². The maximum absolute atomic E-state index is 12.8. The summed E-state index contributed by atoms with van der Waals surface area (Å²) in [5.74, 6) is -1.24. The minimum Gasteiger partial charge on any atom is -0.465 e. The number of ether oxygens (including phenoxy) is 1. The quantitative estimate of drug-likeness (QED) is 0.822. The molecule has 0 unspecified atom stereocenters. The molecule has 2 aromatic rings. The van der Waals surface area contributed by atoms with E-state index in [0.29, 0.717) is 16.4 Å². The molecule has 0 aromatic heterocycles. The van der Waals surface area contributed by atoms with Crippen molar-refractivity contribution in [2.45, 2.75) is 0 Å². The highest BCUT2D eigenvalue weighted by molar-refractivity contribution is 6.33. The van der Waals surface area contributed by atoms with Crippen molar-refractivity contribution in [2.24, 2.45) is 0 Å². The van der Waals surface area contributed by atoms with Crippen LogP contribution in [0, 0.1) is 5.82 Å². The van der Waals surface area contributed by atoms with Gasteiger partial charge in [-0.2, -0.15) is 0 Å². The Balaban J connectivity index is 1.99. The van der Waals surface area contributed by atoms with Crippen LogP contribution in [0.4, 0.5) is 15.8 Å². The molecule has 23 heavy (non-hydrogen) atoms. The van der Waals surface area contributed by atoms with Crippen LogP contribution < -0.4 is 10.6 Å². The molecule has 0 spiro atoms. The SMILES string of the molecule is COC(=O)c1ccc(Cl)c(NC(=O)CNc2ccc(F)cc2)c1. The van der Waals surface area contributed by atoms with E-state index in [2.05, 4.69) is 15.4 Å². The Morgan fingerprint density at radius 2 is 1.87 bits per heavy atom. The van der Waals surface area contributed by atoms with Gasteiger partial charge in [0.2, 0.25) is 5.91 Å². The van der Waals surface area contributed by atoms with E-state index in [0.717, 1.165) is 0 Å². The lowest BCUT2D eigenvalue weighted by Gasteiger charge is -2.10. The monoisotopic (exact) mass is 336 g/mol. The molecule has 0 aliphatic heterocycles. The van der Waals surface area contributed by atoms with Crippen molar-refractivity contribution in [3.05, 3.63) is 58.9 Å². The topological polar surface area (TPSA) is 67.4 Å². The second kappa shape index (κ2) is 7.60. The van der Waals surface area contributed by atoms with Crippen molar-refractivity contribution in [1.82, 2.24) is 0 Å². The van der Waals surface area contributed by atoms with Crippen LogP contribution in [0.15, 0.2) is 42.5 Å². The largest absolute Gasteiger partial charge is 0.465 e. The van der Waals surface area contributed by atoms with E-state index in [4.69, 9.17) is 11.6 Å². The maximum atomic E-state index is 12.8. The van der Waals surface area contributed by atoms with Gasteiger partial charge in [-0.05, 0) is 42.5 Å². The molecule has 0 bridgehead atoms. The molecule has 1 amide bonds. The molecule has 5 nitrogen and oxygen atoms in total. The molecule has 2 aromatic carbocycles. The number of anilines is 2. The Bertz CT molecular complexity index is 720. The van der Waals surface area contributed by atoms with Gasteiger partial charge in [0.15, 0.2) is 0 Å². The zero-order valence-corrected chi connectivity index (χ0v) is 13.0. The summed E-state index contributed by atoms with van der Waals surface area (Å²) in [6.45, 7) is -0.0373. The molecule has 0 radical (unpaired) electrons. The van der Waals surface area contributed by atoms with Crippen LogP contribution in [-0.2, 0) is 9.53 Å². The molecule has 120 valence electrons. The summed E-state index contributed by atoms with van der Waals surface area (Å²) in [4.78, 5) is 23.4. The highest BCUT2D eigenvalue weighted by Gasteiger charge is 2.11. The highest BCUT2D eigenvalue weighted by Crippen LogP contribution is 2.23. The molecule has 0 aliphatic rings. The van der Waals surface area contributed by atoms with E-state index in [1.165, 1.54) is 49.6 Å². The lowest BCUT2D eigenvalue weighted by Crippen LogP contribution is -2.22. The lowest BCUT2D eigenvalue weighted by atomic mass is 10.2. The zero-order chi connectivity index (χ0) is 16.8. The number of amides is 1. The van der Waals surface area contributed by atoms with Crippen molar-refractivity contribution in [2.75, 3.05) is 24.3 Å². The zero-order valence-electron chi connectivity index (χ0n) is 12.2. The molecule has 0 heterocycles. The first kappa shape index (κ1) is 16.8. The fourth-order valence-electron chi connectivity index (χ4n) is 1.81. The molecule has 0 atom stereocenters. The third-order valence-electron chi connectivity index (χ3n) is 2.96. The van der Waals surface area contributed by atoms with Gasteiger partial charge in [0.25, 0.3) is 0 Å². The molecule has 0 aliphatic carbocycles. The van der Waals surface area contributed by atoms with Gasteiger partial charge in [-0.1, -0.05) is 11.6 Å². The van der Waals surface area contributed by atoms with Crippen LogP contribution in [0.2, 0.25) is 5.02 Å². The number of nitrogens with one attached hydrogen (secondary N) is 2. The van der Waals surface area contributed by atoms with E-state index in [9.17, 15) is 14.0 Å². The minimum atomic E-state index is -0.526. The number of methoxy groups -OCH3 is 1. The van der Waals surface area contributed by atoms with Gasteiger partial charge < -0.3 is 15.4 Å². The number of halogens is 2. The van der Waals surface area contributed by atoms with Crippen LogP contribution in [0.25, 0.3) is 0 Å². The number of benzene rings is 2. The second-order valence-corrected chi connectivity index (χ2v) is 5.00. The van der Waals surface area contributed by atoms with E-state index in [1.807, 2.05) is 0 Å². The number of rotatable bonds is 5. The average molecular weight is 337 g/mol. The predicted molar refractivity (Wildman–Crippen MR) is 86.3 cm³/mol. The second-order valence-electron chi connectivity index (χ2n) is 4.59. The summed E-state index contributed by atoms with van der Waals surface area (Å²) in [6.07, 6.45) is 0. The third-order valence-corrected chi connectivity index (χ3v) is 3.29. The fourth-order valence-corrected chi connectivity index (χ4v) is 1.98. The third kappa shape index (κ3) is 4.69. The molecule has 2 N–H and O–H groups in total. The van der Waals surface area contributed by atoms with Gasteiger partial charge in [-0.25, -0.2) is 9.18 Å². The van der Waals surface area contributed by atoms with E-state index in [-0.39, 0.29) is 23.8 Å². The first-order chi connectivity index (χ1) is 11.0. The van der Waals surface area contributed by atoms with Crippen molar-refractivity contribution < 1.29 is 18.7 Å². The lowest BCUT2D eigenvalue weighted by molar-refractivity contribution is -0.114. The Kier molecular flexibility index (Phi) is 5.54. The van der Waals surface area contributed by atoms with Gasteiger partial charge >= 0.3 is 5.97 Å². The van der Waals surface area contributed by atoms with Crippen molar-refractivity contribution >= 4 is 34.9 Å². The van der Waals surface area contributed by atoms with Crippen molar-refractivity contribution in [3.63, 3.8) is 0 Å². The summed E-state index contributed by atoms with van der Waals surface area (Å²) in [6, 6.07) is 10.1. The standard InChI is InChI=1S/C16H14ClFN2O3/c1-23-16(22)10-2-7-13(17)14(8-10)20-15(21)9-19-12-5-3-11(18)4-6-12/h2-8,19H,9H2,1H3,(H,20,21). The molecule has 2 rings (SSSR count). The van der Waals surface area contributed by atoms with Gasteiger partial charge in [0.05, 0.1) is 29.9 Å². The molecular formula is C16H14ClFN2O3. The summed E-state index contributed by atoms with van der Waals surface area (Å²) in [7, 11) is 1.27. The average Bonchev–Trinajstić information content (AvgIpc) is 2.55. The van der Waals surface area contributed by atoms with Crippen LogP contribution in [0.1, 0.15) is 10.4 Å². The highest BCUT2D eigenvalue weighted by atomic mass is 35.5. The Hall–Kier alpha value is -2.60. The summed E-state index contributed by atoms with van der Waals surface area (Å²) < 4.78 is 17.4. The van der Waals surface area contributed by atoms with Gasteiger partial charge in [-0.3, -0.25) is 4.79 Å². The molecule has 7 heteroatoms. The van der Waals surface area contributed by atoms with E-state index in [1.54, 1.807) is 0 Å². The maximum Gasteiger partial charge on any atom is 0.337 e. The molecular weight excluding hydrogens is 323 g/mol. The normalized spacial score (nSPS) is 10.0. The van der Waals surface area contributed by atoms with Crippen LogP contribution in [-0.4, -0.2) is 25.5 Å². The van der Waals surface area contributed by atoms with Crippen LogP contribution >= 0.6 is 11.6 Å². The number of hydrogen-bond donors (Lipinski definition) is 2. The van der Waals surface area contributed by atoms with Crippen molar-refractivity contribution in [3.8, 4) is 0 Å². The number of carbonyl (C=O) groups excluding carboxylic acids is 2. The first-order valence-corrected chi connectivity index (χ1v) is 7.04. The minimum absolute atomic E-state index is 0.0373. The van der Waals surface area contributed by atoms with Crippen LogP contribution in [0.3, 0.4) is 0 Å². The summed E-state index contributed by atoms with van der Waals surface area (Å²) in [5.41, 5.74) is 1.19. The van der Waals surface area contributed by atoms with Gasteiger partial charge in [0.1, 0.15) is 5.82 Å². The molecule has 0 fully saturated rings. The number of carbonyl (C=O) groups is 2. The van der Waals surface area contributed by atoms with Crippen LogP contribution in [0.5, 0.6) is 0 Å². The summed E-state index contributed by atoms with van der Waals surface area (Å²) in [5, 5.41) is 5.74. The smallest absolute Gasteiger partial charge is 0.337 e. The molecule has 0 saturated heterocycles. The molecule has 0 saturated carbocycles. The number of hydrogen-bond acceptors (Lipinski definition) is 4. The Morgan fingerprint density at radius 1 is 1.17 bits per heavy atom.